The zero-order valence-electron chi connectivity index (χ0n) is 17.4. The van der Waals surface area contributed by atoms with Crippen LogP contribution in [-0.2, 0) is 11.3 Å². The van der Waals surface area contributed by atoms with Crippen LogP contribution in [0, 0.1) is 0 Å². The Kier molecular flexibility index (Phi) is 6.88. The lowest BCUT2D eigenvalue weighted by Gasteiger charge is -2.25. The molecule has 0 aromatic heterocycles. The quantitative estimate of drug-likeness (QED) is 0.747. The number of amides is 2. The van der Waals surface area contributed by atoms with E-state index in [1.54, 1.807) is 7.11 Å². The lowest BCUT2D eigenvalue weighted by molar-refractivity contribution is -0.128. The van der Waals surface area contributed by atoms with Gasteiger partial charge in [0.05, 0.1) is 13.2 Å². The molecule has 0 radical (unpaired) electrons. The van der Waals surface area contributed by atoms with Gasteiger partial charge >= 0.3 is 0 Å². The Hall–Kier alpha value is -2.86. The van der Waals surface area contributed by atoms with Gasteiger partial charge in [0.15, 0.2) is 0 Å². The first-order valence-corrected chi connectivity index (χ1v) is 9.93. The summed E-state index contributed by atoms with van der Waals surface area (Å²) in [5.74, 6) is 0.899. The Morgan fingerprint density at radius 3 is 2.59 bits per heavy atom. The topological polar surface area (TPSA) is 61.9 Å². The summed E-state index contributed by atoms with van der Waals surface area (Å²) in [5, 5.41) is 3.03. The van der Waals surface area contributed by atoms with E-state index in [0.717, 1.165) is 29.8 Å². The van der Waals surface area contributed by atoms with Gasteiger partial charge in [0.2, 0.25) is 5.91 Å². The molecule has 6 nitrogen and oxygen atoms in total. The molecule has 0 bridgehead atoms. The van der Waals surface area contributed by atoms with Crippen LogP contribution in [0.25, 0.3) is 0 Å². The first-order valence-electron chi connectivity index (χ1n) is 9.93. The van der Waals surface area contributed by atoms with Crippen LogP contribution in [0.5, 0.6) is 5.75 Å². The molecular weight excluding hydrogens is 366 g/mol. The van der Waals surface area contributed by atoms with Crippen LogP contribution in [-0.4, -0.2) is 55.9 Å². The number of carbonyl (C=O) groups is 2. The Morgan fingerprint density at radius 1 is 1.21 bits per heavy atom. The van der Waals surface area contributed by atoms with E-state index >= 15 is 0 Å². The molecule has 1 atom stereocenters. The maximum Gasteiger partial charge on any atom is 0.251 e. The smallest absolute Gasteiger partial charge is 0.251 e. The maximum atomic E-state index is 12.6. The van der Waals surface area contributed by atoms with Crippen LogP contribution < -0.4 is 10.1 Å². The average molecular weight is 396 g/mol. The number of hydrogen-bond donors (Lipinski definition) is 1. The molecule has 29 heavy (non-hydrogen) atoms. The summed E-state index contributed by atoms with van der Waals surface area (Å²) in [6, 6.07) is 15.4. The monoisotopic (exact) mass is 395 g/mol. The van der Waals surface area contributed by atoms with Gasteiger partial charge < -0.3 is 19.9 Å². The van der Waals surface area contributed by atoms with Crippen molar-refractivity contribution in [3.05, 3.63) is 65.2 Å². The van der Waals surface area contributed by atoms with E-state index in [1.165, 1.54) is 0 Å². The molecule has 0 aliphatic carbocycles. The van der Waals surface area contributed by atoms with E-state index < -0.39 is 0 Å². The van der Waals surface area contributed by atoms with Crippen LogP contribution in [0.15, 0.2) is 48.5 Å². The number of likely N-dealkylation sites (N-methyl/N-ethyl adjacent to an activating group) is 1. The summed E-state index contributed by atoms with van der Waals surface area (Å²) in [5.41, 5.74) is 2.74. The van der Waals surface area contributed by atoms with Crippen LogP contribution in [0.4, 0.5) is 0 Å². The molecule has 3 rings (SSSR count). The van der Waals surface area contributed by atoms with Crippen molar-refractivity contribution in [1.82, 2.24) is 15.1 Å². The number of benzene rings is 2. The Morgan fingerprint density at radius 2 is 1.97 bits per heavy atom. The highest BCUT2D eigenvalue weighted by molar-refractivity contribution is 5.94. The summed E-state index contributed by atoms with van der Waals surface area (Å²) in [4.78, 5) is 28.3. The minimum atomic E-state index is -0.108. The molecule has 1 fully saturated rings. The lowest BCUT2D eigenvalue weighted by atomic mass is 10.1. The third kappa shape index (κ3) is 5.35. The number of nitrogens with one attached hydrogen (secondary N) is 1. The minimum absolute atomic E-state index is 0.0366. The van der Waals surface area contributed by atoms with Crippen molar-refractivity contribution in [3.63, 3.8) is 0 Å². The molecule has 2 amide bonds. The van der Waals surface area contributed by atoms with Crippen molar-refractivity contribution in [2.45, 2.75) is 25.4 Å². The van der Waals surface area contributed by atoms with Gasteiger partial charge in [0.1, 0.15) is 5.75 Å². The van der Waals surface area contributed by atoms with E-state index in [0.29, 0.717) is 25.1 Å². The van der Waals surface area contributed by atoms with E-state index in [9.17, 15) is 9.59 Å². The molecular formula is C23H29N3O3. The van der Waals surface area contributed by atoms with Gasteiger partial charge in [-0.2, -0.15) is 0 Å². The fourth-order valence-corrected chi connectivity index (χ4v) is 3.59. The molecule has 0 unspecified atom stereocenters. The number of hydrogen-bond acceptors (Lipinski definition) is 4. The molecule has 1 aliphatic heterocycles. The van der Waals surface area contributed by atoms with Crippen LogP contribution >= 0.6 is 0 Å². The molecule has 2 aromatic carbocycles. The predicted octanol–water partition coefficient (Wildman–Crippen LogP) is 2.85. The molecule has 0 saturated carbocycles. The molecule has 2 aromatic rings. The number of methoxy groups -OCH3 is 1. The Bertz CT molecular complexity index is 849. The number of carbonyl (C=O) groups excluding carboxylic acids is 2. The molecule has 1 saturated heterocycles. The standard InChI is InChI=1S/C23H29N3O3/c1-25(2)21(19-6-4-7-20(14-19)29-3)15-24-23(28)18-11-9-17(10-12-18)16-26-13-5-8-22(26)27/h4,6-7,9-12,14,21H,5,8,13,15-16H2,1-3H3,(H,24,28)/t21-/m1/s1. The SMILES string of the molecule is COc1cccc([C@@H](CNC(=O)c2ccc(CN3CCCC3=O)cc2)N(C)C)c1. The van der Waals surface area contributed by atoms with Crippen molar-refractivity contribution in [2.75, 3.05) is 34.3 Å². The van der Waals surface area contributed by atoms with Crippen LogP contribution in [0.3, 0.4) is 0 Å². The third-order valence-electron chi connectivity index (χ3n) is 5.32. The first kappa shape index (κ1) is 20.9. The highest BCUT2D eigenvalue weighted by Crippen LogP contribution is 2.22. The fourth-order valence-electron chi connectivity index (χ4n) is 3.59. The fraction of sp³-hybridized carbons (Fsp3) is 0.391. The summed E-state index contributed by atoms with van der Waals surface area (Å²) in [6.07, 6.45) is 1.57. The molecule has 1 aliphatic rings. The van der Waals surface area contributed by atoms with Gasteiger partial charge in [0, 0.05) is 31.6 Å². The van der Waals surface area contributed by atoms with E-state index in [2.05, 4.69) is 10.2 Å². The maximum absolute atomic E-state index is 12.6. The van der Waals surface area contributed by atoms with Gasteiger partial charge in [-0.05, 0) is 55.9 Å². The highest BCUT2D eigenvalue weighted by Gasteiger charge is 2.20. The van der Waals surface area contributed by atoms with E-state index in [-0.39, 0.29) is 17.9 Å². The van der Waals surface area contributed by atoms with Crippen LogP contribution in [0.1, 0.15) is 40.4 Å². The molecule has 6 heteroatoms. The van der Waals surface area contributed by atoms with Gasteiger partial charge in [-0.15, -0.1) is 0 Å². The van der Waals surface area contributed by atoms with Crippen molar-refractivity contribution in [1.29, 1.82) is 0 Å². The van der Waals surface area contributed by atoms with Gasteiger partial charge in [-0.1, -0.05) is 24.3 Å². The molecule has 154 valence electrons. The summed E-state index contributed by atoms with van der Waals surface area (Å²) in [6.45, 7) is 1.92. The lowest BCUT2D eigenvalue weighted by Crippen LogP contribution is -2.34. The second-order valence-corrected chi connectivity index (χ2v) is 7.58. The van der Waals surface area contributed by atoms with Crippen molar-refractivity contribution < 1.29 is 14.3 Å². The van der Waals surface area contributed by atoms with E-state index in [4.69, 9.17) is 4.74 Å². The zero-order chi connectivity index (χ0) is 20.8. The molecule has 1 heterocycles. The first-order chi connectivity index (χ1) is 14.0. The molecule has 1 N–H and O–H groups in total. The van der Waals surface area contributed by atoms with Gasteiger partial charge in [-0.3, -0.25) is 9.59 Å². The normalized spacial score (nSPS) is 14.9. The van der Waals surface area contributed by atoms with Crippen molar-refractivity contribution >= 4 is 11.8 Å². The second kappa shape index (κ2) is 9.56. The van der Waals surface area contributed by atoms with Gasteiger partial charge in [0.25, 0.3) is 5.91 Å². The highest BCUT2D eigenvalue weighted by atomic mass is 16.5. The van der Waals surface area contributed by atoms with Crippen molar-refractivity contribution in [2.24, 2.45) is 0 Å². The Balaban J connectivity index is 1.60. The summed E-state index contributed by atoms with van der Waals surface area (Å²) in [7, 11) is 5.63. The largest absolute Gasteiger partial charge is 0.497 e. The molecule has 0 spiro atoms. The zero-order valence-corrected chi connectivity index (χ0v) is 17.4. The number of rotatable bonds is 8. The van der Waals surface area contributed by atoms with Crippen molar-refractivity contribution in [3.8, 4) is 5.75 Å². The van der Waals surface area contributed by atoms with Crippen LogP contribution in [0.2, 0.25) is 0 Å². The number of likely N-dealkylation sites (tertiary alicyclic amines) is 1. The minimum Gasteiger partial charge on any atom is -0.497 e. The third-order valence-corrected chi connectivity index (χ3v) is 5.32. The van der Waals surface area contributed by atoms with Gasteiger partial charge in [-0.25, -0.2) is 0 Å². The van der Waals surface area contributed by atoms with E-state index in [1.807, 2.05) is 67.5 Å². The number of ether oxygens (including phenoxy) is 1. The summed E-state index contributed by atoms with van der Waals surface area (Å²) >= 11 is 0. The Labute approximate surface area is 172 Å². The summed E-state index contributed by atoms with van der Waals surface area (Å²) < 4.78 is 5.31. The number of nitrogens with zero attached hydrogens (tertiary/aromatic N) is 2. The predicted molar refractivity (Wildman–Crippen MR) is 113 cm³/mol. The second-order valence-electron chi connectivity index (χ2n) is 7.58. The average Bonchev–Trinajstić information content (AvgIpc) is 3.13.